The lowest BCUT2D eigenvalue weighted by atomic mass is 10.1. The summed E-state index contributed by atoms with van der Waals surface area (Å²) in [7, 11) is 1.27. The molecule has 0 spiro atoms. The summed E-state index contributed by atoms with van der Waals surface area (Å²) in [4.78, 5) is 25.3. The van der Waals surface area contributed by atoms with Crippen LogP contribution in [0.2, 0.25) is 0 Å². The summed E-state index contributed by atoms with van der Waals surface area (Å²) < 4.78 is 9.92. The zero-order chi connectivity index (χ0) is 17.6. The standard InChI is InChI=1S/C15H18N3O4PS/c1-21-15(19)14(18-23(20,24)22-8-4-7-16)9-11-10-17-13-6-3-2-5-12(11)13/h2-3,5-6,10,14,17H,4,8-9H2,1H3,(H2,18,20,24)/t14-,23?/m0/s1. The fraction of sp³-hybridized carbons (Fsp3) is 0.333. The van der Waals surface area contributed by atoms with Crippen molar-refractivity contribution in [1.82, 2.24) is 10.1 Å². The smallest absolute Gasteiger partial charge is 0.323 e. The predicted molar refractivity (Wildman–Crippen MR) is 93.6 cm³/mol. The highest BCUT2D eigenvalue weighted by Crippen LogP contribution is 2.38. The number of para-hydroxylation sites is 1. The molecule has 1 unspecified atom stereocenters. The van der Waals surface area contributed by atoms with Crippen molar-refractivity contribution in [3.05, 3.63) is 36.0 Å². The number of rotatable bonds is 8. The first kappa shape index (κ1) is 18.6. The molecule has 1 aromatic carbocycles. The molecule has 24 heavy (non-hydrogen) atoms. The topological polar surface area (TPSA) is 107 Å². The number of methoxy groups -OCH3 is 1. The largest absolute Gasteiger partial charge is 0.468 e. The Labute approximate surface area is 144 Å². The van der Waals surface area contributed by atoms with Gasteiger partial charge in [-0.1, -0.05) is 18.2 Å². The molecule has 0 aliphatic rings. The average molecular weight is 367 g/mol. The number of nitriles is 1. The number of benzene rings is 1. The molecular weight excluding hydrogens is 349 g/mol. The summed E-state index contributed by atoms with van der Waals surface area (Å²) in [5, 5.41) is 12.2. The van der Waals surface area contributed by atoms with Crippen molar-refractivity contribution in [2.24, 2.45) is 0 Å². The number of nitrogens with zero attached hydrogens (tertiary/aromatic N) is 1. The van der Waals surface area contributed by atoms with Crippen LogP contribution in [0.5, 0.6) is 0 Å². The van der Waals surface area contributed by atoms with Crippen LogP contribution in [0.25, 0.3) is 10.9 Å². The van der Waals surface area contributed by atoms with Gasteiger partial charge in [-0.2, -0.15) is 5.26 Å². The molecule has 0 aliphatic carbocycles. The van der Waals surface area contributed by atoms with Crippen LogP contribution >= 0.6 is 6.64 Å². The number of fused-ring (bicyclic) bond motifs is 1. The quantitative estimate of drug-likeness (QED) is 0.372. The first-order chi connectivity index (χ1) is 11.5. The van der Waals surface area contributed by atoms with Gasteiger partial charge in [0, 0.05) is 23.5 Å². The molecule has 0 saturated heterocycles. The van der Waals surface area contributed by atoms with Gasteiger partial charge in [0.2, 0.25) is 0 Å². The van der Waals surface area contributed by atoms with Crippen LogP contribution in [0, 0.1) is 11.3 Å². The van der Waals surface area contributed by atoms with E-state index < -0.39 is 18.7 Å². The molecule has 0 amide bonds. The summed E-state index contributed by atoms with van der Waals surface area (Å²) in [5.41, 5.74) is 1.84. The Morgan fingerprint density at radius 1 is 1.54 bits per heavy atom. The van der Waals surface area contributed by atoms with Gasteiger partial charge in [0.25, 0.3) is 6.64 Å². The Balaban J connectivity index is 2.15. The van der Waals surface area contributed by atoms with Crippen LogP contribution in [0.3, 0.4) is 0 Å². The number of aromatic amines is 1. The fourth-order valence-corrected chi connectivity index (χ4v) is 3.90. The van der Waals surface area contributed by atoms with Gasteiger partial charge in [0.1, 0.15) is 6.04 Å². The van der Waals surface area contributed by atoms with Crippen LogP contribution in [0.15, 0.2) is 30.5 Å². The minimum absolute atomic E-state index is 0.00173. The number of esters is 1. The van der Waals surface area contributed by atoms with Gasteiger partial charge < -0.3 is 19.1 Å². The Kier molecular flexibility index (Phi) is 6.49. The van der Waals surface area contributed by atoms with Gasteiger partial charge in [-0.25, -0.2) is 5.09 Å². The lowest BCUT2D eigenvalue weighted by Crippen LogP contribution is -2.37. The molecule has 2 atom stereocenters. The number of hydrogen-bond donors (Lipinski definition) is 3. The Morgan fingerprint density at radius 3 is 3.00 bits per heavy atom. The van der Waals surface area contributed by atoms with E-state index in [-0.39, 0.29) is 19.4 Å². The SMILES string of the molecule is COC(=O)[C@H](Cc1c[nH]c2ccccc12)NP(O)(=S)OCCC#N. The third kappa shape index (κ3) is 4.87. The van der Waals surface area contributed by atoms with E-state index in [4.69, 9.17) is 26.3 Å². The maximum absolute atomic E-state index is 12.0. The van der Waals surface area contributed by atoms with Gasteiger partial charge in [0.05, 0.1) is 26.2 Å². The van der Waals surface area contributed by atoms with Crippen molar-refractivity contribution in [3.63, 3.8) is 0 Å². The summed E-state index contributed by atoms with van der Waals surface area (Å²) in [6, 6.07) is 8.73. The lowest BCUT2D eigenvalue weighted by molar-refractivity contribution is -0.142. The number of aromatic nitrogens is 1. The highest BCUT2D eigenvalue weighted by atomic mass is 32.5. The third-order valence-electron chi connectivity index (χ3n) is 3.38. The van der Waals surface area contributed by atoms with E-state index in [1.807, 2.05) is 30.3 Å². The number of hydrogen-bond acceptors (Lipinski definition) is 5. The first-order valence-electron chi connectivity index (χ1n) is 7.21. The molecule has 0 saturated carbocycles. The van der Waals surface area contributed by atoms with Crippen LogP contribution in [-0.2, 0) is 32.3 Å². The lowest BCUT2D eigenvalue weighted by Gasteiger charge is -2.22. The van der Waals surface area contributed by atoms with Crippen molar-refractivity contribution in [3.8, 4) is 6.07 Å². The van der Waals surface area contributed by atoms with Gasteiger partial charge in [-0.3, -0.25) is 4.79 Å². The predicted octanol–water partition coefficient (Wildman–Crippen LogP) is 1.99. The van der Waals surface area contributed by atoms with E-state index in [1.165, 1.54) is 7.11 Å². The second-order valence-corrected chi connectivity index (χ2v) is 8.07. The van der Waals surface area contributed by atoms with E-state index in [9.17, 15) is 9.69 Å². The van der Waals surface area contributed by atoms with E-state index in [2.05, 4.69) is 10.1 Å². The van der Waals surface area contributed by atoms with Crippen LogP contribution in [0.4, 0.5) is 0 Å². The normalized spacial score (nSPS) is 14.7. The van der Waals surface area contributed by atoms with E-state index in [0.29, 0.717) is 0 Å². The second-order valence-electron chi connectivity index (χ2n) is 5.03. The molecule has 2 rings (SSSR count). The number of H-pyrrole nitrogens is 1. The highest BCUT2D eigenvalue weighted by molar-refractivity contribution is 8.08. The van der Waals surface area contributed by atoms with Crippen LogP contribution < -0.4 is 5.09 Å². The molecule has 7 nitrogen and oxygen atoms in total. The number of carbonyl (C=O) groups excluding carboxylic acids is 1. The molecule has 2 aromatic rings. The van der Waals surface area contributed by atoms with Crippen LogP contribution in [0.1, 0.15) is 12.0 Å². The van der Waals surface area contributed by atoms with Gasteiger partial charge in [-0.15, -0.1) is 0 Å². The molecule has 0 aliphatic heterocycles. The number of nitrogens with one attached hydrogen (secondary N) is 2. The molecular formula is C15H18N3O4PS. The third-order valence-corrected chi connectivity index (χ3v) is 5.19. The average Bonchev–Trinajstić information content (AvgIpc) is 2.96. The van der Waals surface area contributed by atoms with Crippen molar-refractivity contribution in [1.29, 1.82) is 5.26 Å². The molecule has 3 N–H and O–H groups in total. The Morgan fingerprint density at radius 2 is 2.29 bits per heavy atom. The second kappa shape index (κ2) is 8.38. The van der Waals surface area contributed by atoms with Crippen LogP contribution in [-0.4, -0.2) is 35.6 Å². The Bertz CT molecular complexity index is 801. The molecule has 0 radical (unpaired) electrons. The minimum Gasteiger partial charge on any atom is -0.468 e. The minimum atomic E-state index is -3.40. The molecule has 9 heteroatoms. The van der Waals surface area contributed by atoms with Gasteiger partial charge in [0.15, 0.2) is 0 Å². The van der Waals surface area contributed by atoms with Crippen molar-refractivity contribution in [2.75, 3.05) is 13.7 Å². The molecule has 0 bridgehead atoms. The molecule has 128 valence electrons. The maximum Gasteiger partial charge on any atom is 0.323 e. The summed E-state index contributed by atoms with van der Waals surface area (Å²) >= 11 is 5.00. The van der Waals surface area contributed by atoms with Gasteiger partial charge >= 0.3 is 5.97 Å². The van der Waals surface area contributed by atoms with Crippen molar-refractivity contribution < 1.29 is 18.9 Å². The monoisotopic (exact) mass is 367 g/mol. The van der Waals surface area contributed by atoms with E-state index >= 15 is 0 Å². The summed E-state index contributed by atoms with van der Waals surface area (Å²) in [6.07, 6.45) is 2.18. The van der Waals surface area contributed by atoms with E-state index in [0.717, 1.165) is 16.5 Å². The van der Waals surface area contributed by atoms with E-state index in [1.54, 1.807) is 6.20 Å². The zero-order valence-electron chi connectivity index (χ0n) is 13.1. The van der Waals surface area contributed by atoms with Gasteiger partial charge in [-0.05, 0) is 23.4 Å². The fourth-order valence-electron chi connectivity index (χ4n) is 2.29. The first-order valence-corrected chi connectivity index (χ1v) is 9.89. The Hall–Kier alpha value is -1.75. The summed E-state index contributed by atoms with van der Waals surface area (Å²) in [6.45, 7) is -3.40. The molecule has 0 fully saturated rings. The highest BCUT2D eigenvalue weighted by Gasteiger charge is 2.27. The maximum atomic E-state index is 12.0. The number of ether oxygens (including phenoxy) is 1. The van der Waals surface area contributed by atoms with Crippen molar-refractivity contribution in [2.45, 2.75) is 18.9 Å². The molecule has 1 heterocycles. The summed E-state index contributed by atoms with van der Waals surface area (Å²) in [5.74, 6) is -0.549. The zero-order valence-corrected chi connectivity index (χ0v) is 14.8. The van der Waals surface area contributed by atoms with Crippen molar-refractivity contribution >= 4 is 35.3 Å². The number of carbonyl (C=O) groups is 1. The molecule has 1 aromatic heterocycles.